The van der Waals surface area contributed by atoms with E-state index in [1.165, 1.54) is 0 Å². The first-order valence-electron chi connectivity index (χ1n) is 5.53. The van der Waals surface area contributed by atoms with Crippen LogP contribution >= 0.6 is 11.9 Å². The van der Waals surface area contributed by atoms with Crippen molar-refractivity contribution in [2.75, 3.05) is 0 Å². The molecule has 2 nitrogen and oxygen atoms in total. The molecule has 0 aliphatic rings. The van der Waals surface area contributed by atoms with Crippen molar-refractivity contribution in [2.45, 2.75) is 6.61 Å². The number of furan rings is 1. The van der Waals surface area contributed by atoms with Gasteiger partial charge in [-0.1, -0.05) is 0 Å². The fourth-order valence-electron chi connectivity index (χ4n) is 1.09. The summed E-state index contributed by atoms with van der Waals surface area (Å²) in [4.78, 5) is 0. The molecule has 0 N–H and O–H groups in total. The van der Waals surface area contributed by atoms with Gasteiger partial charge in [0.25, 0.3) is 0 Å². The molecule has 3 rings (SSSR count). The van der Waals surface area contributed by atoms with E-state index in [1.54, 1.807) is 18.4 Å². The van der Waals surface area contributed by atoms with E-state index in [0.717, 1.165) is 5.76 Å². The molecular formula is C15H15ClO2Ti. The van der Waals surface area contributed by atoms with Crippen molar-refractivity contribution in [2.24, 2.45) is 0 Å². The Hall–Kier alpha value is -1.06. The molecule has 0 unspecified atom stereocenters. The van der Waals surface area contributed by atoms with E-state index in [1.807, 2.05) is 60.7 Å². The standard InChI is InChI=1S/C5H5ClO2.2C5H5.Ti/c6-8-4-5-2-1-3-7-5;2*1-2-4-5-3-1;/h1-3H,4H2;2*1-5H;/q;2*-1;+2. The van der Waals surface area contributed by atoms with Gasteiger partial charge in [-0.3, -0.25) is 4.29 Å². The molecule has 0 saturated carbocycles. The molecule has 98 valence electrons. The first-order chi connectivity index (χ1) is 8.93. The maximum Gasteiger partial charge on any atom is 2.00 e. The van der Waals surface area contributed by atoms with Crippen LogP contribution in [0.3, 0.4) is 0 Å². The Labute approximate surface area is 133 Å². The zero-order valence-electron chi connectivity index (χ0n) is 10.4. The molecule has 1 heterocycles. The van der Waals surface area contributed by atoms with Gasteiger partial charge in [0, 0.05) is 0 Å². The predicted octanol–water partition coefficient (Wildman–Crippen LogP) is 4.76. The minimum atomic E-state index is 0. The summed E-state index contributed by atoms with van der Waals surface area (Å²) in [6, 6.07) is 23.6. The fourth-order valence-corrected chi connectivity index (χ4v) is 1.20. The molecule has 2 aromatic carbocycles. The average molecular weight is 311 g/mol. The van der Waals surface area contributed by atoms with Gasteiger partial charge in [0.2, 0.25) is 0 Å². The van der Waals surface area contributed by atoms with E-state index < -0.39 is 0 Å². The number of hydrogen-bond acceptors (Lipinski definition) is 2. The van der Waals surface area contributed by atoms with Crippen LogP contribution in [0.25, 0.3) is 0 Å². The van der Waals surface area contributed by atoms with E-state index >= 15 is 0 Å². The molecule has 0 bridgehead atoms. The largest absolute Gasteiger partial charge is 2.00 e. The smallest absolute Gasteiger partial charge is 0.467 e. The van der Waals surface area contributed by atoms with Gasteiger partial charge in [0.1, 0.15) is 12.4 Å². The monoisotopic (exact) mass is 310 g/mol. The van der Waals surface area contributed by atoms with Crippen molar-refractivity contribution < 1.29 is 30.4 Å². The van der Waals surface area contributed by atoms with Crippen LogP contribution in [0.15, 0.2) is 83.5 Å². The van der Waals surface area contributed by atoms with Crippen molar-refractivity contribution in [3.05, 3.63) is 84.8 Å². The Kier molecular flexibility index (Phi) is 12.6. The normalized spacial score (nSPS) is 8.26. The van der Waals surface area contributed by atoms with Crippen LogP contribution in [0, 0.1) is 0 Å². The maximum absolute atomic E-state index is 4.93. The summed E-state index contributed by atoms with van der Waals surface area (Å²) in [5.74, 6) is 0.736. The van der Waals surface area contributed by atoms with E-state index in [0.29, 0.717) is 6.61 Å². The Morgan fingerprint density at radius 2 is 1.47 bits per heavy atom. The van der Waals surface area contributed by atoms with E-state index in [4.69, 9.17) is 16.3 Å². The Morgan fingerprint density at radius 1 is 0.947 bits per heavy atom. The second-order valence-corrected chi connectivity index (χ2v) is 3.48. The number of halogens is 1. The quantitative estimate of drug-likeness (QED) is 0.503. The second-order valence-electron chi connectivity index (χ2n) is 3.26. The minimum absolute atomic E-state index is 0. The first kappa shape index (κ1) is 17.9. The summed E-state index contributed by atoms with van der Waals surface area (Å²) >= 11 is 4.93. The number of hydrogen-bond donors (Lipinski definition) is 0. The Bertz CT molecular complexity index is 372. The van der Waals surface area contributed by atoms with Gasteiger partial charge in [-0.25, -0.2) is 24.3 Å². The molecular weight excluding hydrogens is 295 g/mol. The third-order valence-corrected chi connectivity index (χ3v) is 2.00. The van der Waals surface area contributed by atoms with Crippen molar-refractivity contribution in [1.29, 1.82) is 0 Å². The van der Waals surface area contributed by atoms with Gasteiger partial charge in [-0.15, -0.1) is 0 Å². The van der Waals surface area contributed by atoms with Crippen LogP contribution in [0.1, 0.15) is 5.76 Å². The van der Waals surface area contributed by atoms with Gasteiger partial charge in [-0.05, 0) is 12.1 Å². The molecule has 0 aliphatic carbocycles. The molecule has 3 aromatic rings. The van der Waals surface area contributed by atoms with Gasteiger partial charge in [-0.2, -0.15) is 36.4 Å². The first-order valence-corrected chi connectivity index (χ1v) is 5.83. The van der Waals surface area contributed by atoms with Gasteiger partial charge < -0.3 is 4.42 Å². The zero-order valence-corrected chi connectivity index (χ0v) is 12.7. The zero-order chi connectivity index (χ0) is 12.9. The van der Waals surface area contributed by atoms with Crippen molar-refractivity contribution in [3.8, 4) is 0 Å². The van der Waals surface area contributed by atoms with E-state index in [9.17, 15) is 0 Å². The van der Waals surface area contributed by atoms with Gasteiger partial charge in [0.15, 0.2) is 0 Å². The predicted molar refractivity (Wildman–Crippen MR) is 73.4 cm³/mol. The summed E-state index contributed by atoms with van der Waals surface area (Å²) in [7, 11) is 0. The topological polar surface area (TPSA) is 22.4 Å². The van der Waals surface area contributed by atoms with Crippen molar-refractivity contribution >= 4 is 11.9 Å². The number of rotatable bonds is 2. The third-order valence-electron chi connectivity index (χ3n) is 1.89. The molecule has 0 amide bonds. The molecule has 0 aliphatic heterocycles. The van der Waals surface area contributed by atoms with Crippen LogP contribution in [-0.2, 0) is 32.6 Å². The van der Waals surface area contributed by atoms with Crippen LogP contribution in [0.4, 0.5) is 0 Å². The van der Waals surface area contributed by atoms with Crippen LogP contribution < -0.4 is 0 Å². The molecule has 0 atom stereocenters. The Morgan fingerprint density at radius 3 is 1.74 bits per heavy atom. The summed E-state index contributed by atoms with van der Waals surface area (Å²) in [6.45, 7) is 0.328. The van der Waals surface area contributed by atoms with E-state index in [2.05, 4.69) is 4.29 Å². The molecule has 0 spiro atoms. The Balaban J connectivity index is 0.000000259. The van der Waals surface area contributed by atoms with E-state index in [-0.39, 0.29) is 21.7 Å². The second kappa shape index (κ2) is 13.4. The van der Waals surface area contributed by atoms with Crippen molar-refractivity contribution in [3.63, 3.8) is 0 Å². The summed E-state index contributed by atoms with van der Waals surface area (Å²) in [6.07, 6.45) is 1.57. The minimum Gasteiger partial charge on any atom is -0.467 e. The molecule has 4 heteroatoms. The average Bonchev–Trinajstić information content (AvgIpc) is 3.17. The van der Waals surface area contributed by atoms with Crippen LogP contribution in [0.5, 0.6) is 0 Å². The van der Waals surface area contributed by atoms with Crippen LogP contribution in [-0.4, -0.2) is 0 Å². The molecule has 0 fully saturated rings. The summed E-state index contributed by atoms with van der Waals surface area (Å²) < 4.78 is 9.13. The summed E-state index contributed by atoms with van der Waals surface area (Å²) in [5, 5.41) is 0. The molecule has 1 aromatic heterocycles. The SMILES string of the molecule is ClOCc1ccco1.[Ti+2].c1cc[cH-]c1.c1cc[cH-]c1. The van der Waals surface area contributed by atoms with Crippen molar-refractivity contribution in [1.82, 2.24) is 0 Å². The van der Waals surface area contributed by atoms with Gasteiger partial charge >= 0.3 is 21.7 Å². The van der Waals surface area contributed by atoms with Crippen LogP contribution in [0.2, 0.25) is 0 Å². The third kappa shape index (κ3) is 10.5. The molecule has 0 saturated heterocycles. The molecule has 19 heavy (non-hydrogen) atoms. The molecule has 0 radical (unpaired) electrons. The summed E-state index contributed by atoms with van der Waals surface area (Å²) in [5.41, 5.74) is 0. The fraction of sp³-hybridized carbons (Fsp3) is 0.0667. The van der Waals surface area contributed by atoms with Gasteiger partial charge in [0.05, 0.1) is 18.1 Å². The maximum atomic E-state index is 4.93.